The Hall–Kier alpha value is -0.300. The molecule has 1 atom stereocenters. The SMILES string of the molecule is CC(C)CCP(=O)(Cl)OCc1ccccc1. The van der Waals surface area contributed by atoms with Crippen molar-refractivity contribution in [3.8, 4) is 0 Å². The minimum absolute atomic E-state index is 0.319. The second-order valence-electron chi connectivity index (χ2n) is 4.26. The van der Waals surface area contributed by atoms with Crippen molar-refractivity contribution < 1.29 is 9.09 Å². The van der Waals surface area contributed by atoms with E-state index in [0.29, 0.717) is 18.7 Å². The zero-order valence-electron chi connectivity index (χ0n) is 9.73. The Morgan fingerprint density at radius 2 is 1.94 bits per heavy atom. The van der Waals surface area contributed by atoms with E-state index in [0.717, 1.165) is 12.0 Å². The Morgan fingerprint density at radius 1 is 1.31 bits per heavy atom. The standard InChI is InChI=1S/C12H18ClO2P/c1-11(2)8-9-16(13,14)15-10-12-6-4-3-5-7-12/h3-7,11H,8-10H2,1-2H3. The highest BCUT2D eigenvalue weighted by Crippen LogP contribution is 2.53. The summed E-state index contributed by atoms with van der Waals surface area (Å²) in [6, 6.07) is 9.64. The van der Waals surface area contributed by atoms with E-state index >= 15 is 0 Å². The zero-order valence-corrected chi connectivity index (χ0v) is 11.4. The van der Waals surface area contributed by atoms with Gasteiger partial charge in [-0.15, -0.1) is 0 Å². The quantitative estimate of drug-likeness (QED) is 0.694. The van der Waals surface area contributed by atoms with Gasteiger partial charge in [0.15, 0.2) is 0 Å². The van der Waals surface area contributed by atoms with Gasteiger partial charge in [0.2, 0.25) is 0 Å². The molecule has 1 rings (SSSR count). The van der Waals surface area contributed by atoms with Crippen LogP contribution in [0, 0.1) is 5.92 Å². The number of rotatable bonds is 6. The molecule has 90 valence electrons. The minimum Gasteiger partial charge on any atom is -0.313 e. The Morgan fingerprint density at radius 3 is 2.50 bits per heavy atom. The van der Waals surface area contributed by atoms with E-state index in [2.05, 4.69) is 13.8 Å². The molecule has 0 saturated carbocycles. The lowest BCUT2D eigenvalue weighted by Gasteiger charge is -2.12. The highest BCUT2D eigenvalue weighted by Gasteiger charge is 2.19. The number of benzene rings is 1. The van der Waals surface area contributed by atoms with Crippen LogP contribution in [0.5, 0.6) is 0 Å². The van der Waals surface area contributed by atoms with Crippen LogP contribution in [0.3, 0.4) is 0 Å². The average Bonchev–Trinajstić information content (AvgIpc) is 2.26. The van der Waals surface area contributed by atoms with E-state index in [4.69, 9.17) is 15.8 Å². The maximum atomic E-state index is 11.8. The minimum atomic E-state index is -2.94. The molecule has 0 N–H and O–H groups in total. The molecule has 0 fully saturated rings. The van der Waals surface area contributed by atoms with Crippen molar-refractivity contribution in [1.82, 2.24) is 0 Å². The maximum absolute atomic E-state index is 11.8. The Labute approximate surface area is 102 Å². The molecule has 16 heavy (non-hydrogen) atoms. The van der Waals surface area contributed by atoms with Gasteiger partial charge in [-0.2, -0.15) is 0 Å². The molecule has 0 spiro atoms. The van der Waals surface area contributed by atoms with E-state index in [1.807, 2.05) is 30.3 Å². The van der Waals surface area contributed by atoms with Crippen molar-refractivity contribution in [2.45, 2.75) is 26.9 Å². The van der Waals surface area contributed by atoms with Crippen LogP contribution in [-0.4, -0.2) is 6.16 Å². The lowest BCUT2D eigenvalue weighted by atomic mass is 10.2. The first kappa shape index (κ1) is 13.8. The fraction of sp³-hybridized carbons (Fsp3) is 0.500. The van der Waals surface area contributed by atoms with Crippen LogP contribution in [0.15, 0.2) is 30.3 Å². The largest absolute Gasteiger partial charge is 0.313 e. The molecular formula is C12H18ClO2P. The van der Waals surface area contributed by atoms with Crippen molar-refractivity contribution in [1.29, 1.82) is 0 Å². The second kappa shape index (κ2) is 6.44. The summed E-state index contributed by atoms with van der Waals surface area (Å²) in [5, 5.41) is 0. The predicted molar refractivity (Wildman–Crippen MR) is 69.0 cm³/mol. The average molecular weight is 261 g/mol. The third kappa shape index (κ3) is 5.69. The van der Waals surface area contributed by atoms with Crippen LogP contribution in [0.2, 0.25) is 0 Å². The van der Waals surface area contributed by atoms with E-state index in [-0.39, 0.29) is 0 Å². The van der Waals surface area contributed by atoms with E-state index in [1.54, 1.807) is 0 Å². The van der Waals surface area contributed by atoms with Crippen LogP contribution >= 0.6 is 18.0 Å². The van der Waals surface area contributed by atoms with Crippen molar-refractivity contribution in [3.05, 3.63) is 35.9 Å². The van der Waals surface area contributed by atoms with Gasteiger partial charge in [-0.3, -0.25) is 4.57 Å². The number of halogens is 1. The van der Waals surface area contributed by atoms with Gasteiger partial charge in [-0.05, 0) is 29.1 Å². The van der Waals surface area contributed by atoms with E-state index in [1.165, 1.54) is 0 Å². The first-order valence-electron chi connectivity index (χ1n) is 5.47. The molecule has 0 aliphatic heterocycles. The summed E-state index contributed by atoms with van der Waals surface area (Å²) in [4.78, 5) is 0. The van der Waals surface area contributed by atoms with Gasteiger partial charge in [0.1, 0.15) is 0 Å². The first-order valence-corrected chi connectivity index (χ1v) is 8.18. The Kier molecular flexibility index (Phi) is 5.54. The molecule has 2 nitrogen and oxygen atoms in total. The van der Waals surface area contributed by atoms with Gasteiger partial charge in [-0.1, -0.05) is 44.2 Å². The summed E-state index contributed by atoms with van der Waals surface area (Å²) in [7, 11) is 0. The van der Waals surface area contributed by atoms with Crippen molar-refractivity contribution >= 4 is 18.0 Å². The lowest BCUT2D eigenvalue weighted by molar-refractivity contribution is 0.312. The Bertz CT molecular complexity index is 351. The molecule has 1 aromatic carbocycles. The van der Waals surface area contributed by atoms with Crippen molar-refractivity contribution in [2.75, 3.05) is 6.16 Å². The molecule has 0 aliphatic carbocycles. The van der Waals surface area contributed by atoms with Gasteiger partial charge in [-0.25, -0.2) is 0 Å². The fourth-order valence-corrected chi connectivity index (χ4v) is 2.96. The van der Waals surface area contributed by atoms with Gasteiger partial charge in [0, 0.05) is 6.16 Å². The first-order chi connectivity index (χ1) is 7.49. The fourth-order valence-electron chi connectivity index (χ4n) is 1.22. The molecule has 0 bridgehead atoms. The van der Waals surface area contributed by atoms with Gasteiger partial charge in [0.05, 0.1) is 6.61 Å². The maximum Gasteiger partial charge on any atom is 0.290 e. The monoisotopic (exact) mass is 260 g/mol. The van der Waals surface area contributed by atoms with Gasteiger partial charge >= 0.3 is 0 Å². The zero-order chi connectivity index (χ0) is 12.0. The molecule has 0 heterocycles. The summed E-state index contributed by atoms with van der Waals surface area (Å²) in [5.41, 5.74) is 0.993. The molecule has 1 aromatic rings. The summed E-state index contributed by atoms with van der Waals surface area (Å²) < 4.78 is 17.1. The van der Waals surface area contributed by atoms with Crippen molar-refractivity contribution in [3.63, 3.8) is 0 Å². The molecular weight excluding hydrogens is 243 g/mol. The number of hydrogen-bond acceptors (Lipinski definition) is 2. The summed E-state index contributed by atoms with van der Waals surface area (Å²) in [6.07, 6.45) is 1.27. The third-order valence-corrected chi connectivity index (χ3v) is 4.35. The van der Waals surface area contributed by atoms with Crippen LogP contribution < -0.4 is 0 Å². The topological polar surface area (TPSA) is 26.3 Å². The highest BCUT2D eigenvalue weighted by molar-refractivity contribution is 7.85. The lowest BCUT2D eigenvalue weighted by Crippen LogP contribution is -1.96. The summed E-state index contributed by atoms with van der Waals surface area (Å²) >= 11 is 5.86. The van der Waals surface area contributed by atoms with Crippen LogP contribution in [0.25, 0.3) is 0 Å². The van der Waals surface area contributed by atoms with E-state index < -0.39 is 6.72 Å². The molecule has 0 radical (unpaired) electrons. The summed E-state index contributed by atoms with van der Waals surface area (Å²) in [6.45, 7) is 1.53. The van der Waals surface area contributed by atoms with Crippen LogP contribution in [0.1, 0.15) is 25.8 Å². The third-order valence-electron chi connectivity index (χ3n) is 2.24. The molecule has 0 aromatic heterocycles. The predicted octanol–water partition coefficient (Wildman–Crippen LogP) is 4.68. The molecule has 4 heteroatoms. The Balaban J connectivity index is 2.39. The highest BCUT2D eigenvalue weighted by atomic mass is 35.7. The van der Waals surface area contributed by atoms with E-state index in [9.17, 15) is 4.57 Å². The molecule has 0 aliphatic rings. The normalized spacial score (nSPS) is 15.0. The second-order valence-corrected chi connectivity index (χ2v) is 7.69. The summed E-state index contributed by atoms with van der Waals surface area (Å²) in [5.74, 6) is 0.493. The molecule has 0 amide bonds. The van der Waals surface area contributed by atoms with Gasteiger partial charge in [0.25, 0.3) is 6.72 Å². The smallest absolute Gasteiger partial charge is 0.290 e. The van der Waals surface area contributed by atoms with Gasteiger partial charge < -0.3 is 4.52 Å². The van der Waals surface area contributed by atoms with Crippen molar-refractivity contribution in [2.24, 2.45) is 5.92 Å². The number of hydrogen-bond donors (Lipinski definition) is 0. The molecule has 0 saturated heterocycles. The molecule has 1 unspecified atom stereocenters. The van der Waals surface area contributed by atoms with Crippen LogP contribution in [-0.2, 0) is 15.7 Å². The van der Waals surface area contributed by atoms with Crippen LogP contribution in [0.4, 0.5) is 0 Å².